The second-order valence-electron chi connectivity index (χ2n) is 6.66. The Morgan fingerprint density at radius 3 is 1.81 bits per heavy atom. The van der Waals surface area contributed by atoms with Gasteiger partial charge in [-0.05, 0) is 45.4 Å². The number of ether oxygens (including phenoxy) is 1. The Hall–Kier alpha value is -0.340. The van der Waals surface area contributed by atoms with E-state index in [0.29, 0.717) is 0 Å². The molecule has 0 amide bonds. The lowest BCUT2D eigenvalue weighted by Gasteiger charge is -2.38. The van der Waals surface area contributed by atoms with Crippen LogP contribution >= 0.6 is 0 Å². The summed E-state index contributed by atoms with van der Waals surface area (Å²) in [5, 5.41) is 0. The van der Waals surface area contributed by atoms with Gasteiger partial charge in [-0.25, -0.2) is 0 Å². The number of hydrogen-bond acceptors (Lipinski definition) is 1. The summed E-state index contributed by atoms with van der Waals surface area (Å²) < 4.78 is 6.91. The van der Waals surface area contributed by atoms with Gasteiger partial charge in [0.25, 0.3) is 0 Å². The Morgan fingerprint density at radius 1 is 0.810 bits per heavy atom. The second kappa shape index (κ2) is 13.3. The molecule has 0 atom stereocenters. The van der Waals surface area contributed by atoms with Gasteiger partial charge in [0.1, 0.15) is 0 Å². The first kappa shape index (κ1) is 20.7. The van der Waals surface area contributed by atoms with Crippen molar-refractivity contribution in [3.63, 3.8) is 0 Å². The largest absolute Gasteiger partial charge is 0.377 e. The van der Waals surface area contributed by atoms with Gasteiger partial charge in [0, 0.05) is 6.61 Å². The molecule has 21 heavy (non-hydrogen) atoms. The normalized spacial score (nSPS) is 11.8. The third kappa shape index (κ3) is 11.0. The van der Waals surface area contributed by atoms with Gasteiger partial charge in [-0.15, -0.1) is 0 Å². The smallest absolute Gasteiger partial charge is 0.0786 e. The van der Waals surface area contributed by atoms with Crippen LogP contribution < -0.4 is 0 Å². The zero-order valence-corrected chi connectivity index (χ0v) is 15.3. The summed E-state index contributed by atoms with van der Waals surface area (Å²) >= 11 is 0. The van der Waals surface area contributed by atoms with Crippen molar-refractivity contribution in [1.29, 1.82) is 0 Å². The highest BCUT2D eigenvalue weighted by Gasteiger charge is 2.23. The molecule has 0 radical (unpaired) electrons. The van der Waals surface area contributed by atoms with Gasteiger partial charge < -0.3 is 9.22 Å². The van der Waals surface area contributed by atoms with Crippen LogP contribution in [0, 0.1) is 0 Å². The molecule has 0 aliphatic carbocycles. The highest BCUT2D eigenvalue weighted by molar-refractivity contribution is 4.87. The molecule has 126 valence electrons. The molecule has 2 nitrogen and oxygen atoms in total. The van der Waals surface area contributed by atoms with Crippen LogP contribution in [-0.2, 0) is 4.74 Å². The monoisotopic (exact) mass is 298 g/mol. The van der Waals surface area contributed by atoms with Crippen molar-refractivity contribution in [3.8, 4) is 0 Å². The Kier molecular flexibility index (Phi) is 13.1. The molecule has 0 saturated heterocycles. The van der Waals surface area contributed by atoms with E-state index in [-0.39, 0.29) is 0 Å². The highest BCUT2D eigenvalue weighted by Crippen LogP contribution is 2.15. The molecule has 0 unspecified atom stereocenters. The predicted molar refractivity (Wildman–Crippen MR) is 94.7 cm³/mol. The number of quaternary nitrogens is 1. The molecule has 0 heterocycles. The highest BCUT2D eigenvalue weighted by atomic mass is 16.5. The first-order valence-corrected chi connectivity index (χ1v) is 9.17. The Bertz CT molecular complexity index is 233. The van der Waals surface area contributed by atoms with Crippen molar-refractivity contribution < 1.29 is 9.22 Å². The molecule has 0 fully saturated rings. The van der Waals surface area contributed by atoms with E-state index in [1.807, 2.05) is 6.92 Å². The van der Waals surface area contributed by atoms with Crippen LogP contribution in [0.3, 0.4) is 0 Å². The molecular formula is C19H40NO+. The number of nitrogens with zero attached hydrogens (tertiary/aromatic N) is 1. The summed E-state index contributed by atoms with van der Waals surface area (Å²) in [6, 6.07) is 0. The van der Waals surface area contributed by atoms with Gasteiger partial charge in [-0.1, -0.05) is 39.3 Å². The minimum Gasteiger partial charge on any atom is -0.377 e. The summed E-state index contributed by atoms with van der Waals surface area (Å²) in [4.78, 5) is 0. The molecular weight excluding hydrogens is 258 g/mol. The van der Waals surface area contributed by atoms with Crippen molar-refractivity contribution in [1.82, 2.24) is 0 Å². The molecule has 0 rings (SSSR count). The molecule has 0 aromatic carbocycles. The van der Waals surface area contributed by atoms with E-state index >= 15 is 0 Å². The molecule has 0 saturated carbocycles. The lowest BCUT2D eigenvalue weighted by molar-refractivity contribution is -0.928. The average molecular weight is 299 g/mol. The fourth-order valence-corrected chi connectivity index (χ4v) is 3.35. The van der Waals surface area contributed by atoms with Crippen LogP contribution in [0.1, 0.15) is 72.6 Å². The zero-order valence-electron chi connectivity index (χ0n) is 15.3. The number of rotatable bonds is 15. The fourth-order valence-electron chi connectivity index (χ4n) is 3.35. The molecule has 0 spiro atoms. The maximum atomic E-state index is 5.55. The van der Waals surface area contributed by atoms with E-state index in [2.05, 4.69) is 27.4 Å². The lowest BCUT2D eigenvalue weighted by Crippen LogP contribution is -2.50. The van der Waals surface area contributed by atoms with Crippen molar-refractivity contribution >= 4 is 0 Å². The molecule has 0 bridgehead atoms. The lowest BCUT2D eigenvalue weighted by atomic mass is 10.1. The fraction of sp³-hybridized carbons (Fsp3) is 0.895. The summed E-state index contributed by atoms with van der Waals surface area (Å²) in [7, 11) is 0. The van der Waals surface area contributed by atoms with E-state index in [1.165, 1.54) is 75.6 Å². The first-order chi connectivity index (χ1) is 10.1. The Labute approximate surface area is 134 Å². The predicted octanol–water partition coefficient (Wildman–Crippen LogP) is 5.19. The van der Waals surface area contributed by atoms with Gasteiger partial charge in [-0.2, -0.15) is 0 Å². The topological polar surface area (TPSA) is 9.23 Å². The van der Waals surface area contributed by atoms with Crippen LogP contribution in [0.4, 0.5) is 0 Å². The third-order valence-corrected chi connectivity index (χ3v) is 4.11. The van der Waals surface area contributed by atoms with Crippen LogP contribution in [0.25, 0.3) is 0 Å². The summed E-state index contributed by atoms with van der Waals surface area (Å²) in [6.07, 6.45) is 9.18. The molecule has 0 aromatic heterocycles. The van der Waals surface area contributed by atoms with E-state index in [1.54, 1.807) is 0 Å². The summed E-state index contributed by atoms with van der Waals surface area (Å²) in [5.74, 6) is 0. The van der Waals surface area contributed by atoms with E-state index < -0.39 is 0 Å². The van der Waals surface area contributed by atoms with Gasteiger partial charge in [-0.3, -0.25) is 0 Å². The molecule has 2 heteroatoms. The average Bonchev–Trinajstić information content (AvgIpc) is 2.42. The SMILES string of the molecule is C=C(C)COCCCCCC[N+](CCC)(CCC)CCC. The standard InChI is InChI=1S/C19H40NO/c1-6-13-20(14-7-2,15-8-3)16-11-9-10-12-17-21-18-19(4)5/h4,6-18H2,1-3,5H3/q+1. The number of unbranched alkanes of at least 4 members (excludes halogenated alkanes) is 3. The van der Waals surface area contributed by atoms with Crippen LogP contribution in [0.5, 0.6) is 0 Å². The van der Waals surface area contributed by atoms with Gasteiger partial charge >= 0.3 is 0 Å². The van der Waals surface area contributed by atoms with Gasteiger partial charge in [0.2, 0.25) is 0 Å². The van der Waals surface area contributed by atoms with Crippen molar-refractivity contribution in [2.45, 2.75) is 72.6 Å². The maximum absolute atomic E-state index is 5.55. The molecule has 0 aliphatic heterocycles. The maximum Gasteiger partial charge on any atom is 0.0786 e. The van der Waals surface area contributed by atoms with Crippen LogP contribution in [0.15, 0.2) is 12.2 Å². The zero-order chi connectivity index (χ0) is 16.0. The van der Waals surface area contributed by atoms with Crippen molar-refractivity contribution in [2.75, 3.05) is 39.4 Å². The Balaban J connectivity index is 3.83. The summed E-state index contributed by atoms with van der Waals surface area (Å²) in [6.45, 7) is 20.0. The molecule has 0 aromatic rings. The van der Waals surface area contributed by atoms with Crippen molar-refractivity contribution in [2.24, 2.45) is 0 Å². The number of hydrogen-bond donors (Lipinski definition) is 0. The minimum atomic E-state index is 0.726. The first-order valence-electron chi connectivity index (χ1n) is 9.17. The second-order valence-corrected chi connectivity index (χ2v) is 6.66. The van der Waals surface area contributed by atoms with Crippen molar-refractivity contribution in [3.05, 3.63) is 12.2 Å². The van der Waals surface area contributed by atoms with Gasteiger partial charge in [0.05, 0.1) is 32.8 Å². The quantitative estimate of drug-likeness (QED) is 0.230. The van der Waals surface area contributed by atoms with Crippen LogP contribution in [-0.4, -0.2) is 43.9 Å². The van der Waals surface area contributed by atoms with E-state index in [9.17, 15) is 0 Å². The third-order valence-electron chi connectivity index (χ3n) is 4.11. The molecule has 0 aliphatic rings. The Morgan fingerprint density at radius 2 is 1.33 bits per heavy atom. The van der Waals surface area contributed by atoms with Crippen LogP contribution in [0.2, 0.25) is 0 Å². The molecule has 0 N–H and O–H groups in total. The minimum absolute atomic E-state index is 0.726. The van der Waals surface area contributed by atoms with Gasteiger partial charge in [0.15, 0.2) is 0 Å². The van der Waals surface area contributed by atoms with E-state index in [0.717, 1.165) is 18.8 Å². The van der Waals surface area contributed by atoms with E-state index in [4.69, 9.17) is 4.74 Å². The summed E-state index contributed by atoms with van der Waals surface area (Å²) in [5.41, 5.74) is 1.12.